The number of piperazine rings is 1. The Balaban J connectivity index is 0.00000176. The molecular formula is C17H20ClN3O. The van der Waals surface area contributed by atoms with Gasteiger partial charge in [-0.2, -0.15) is 0 Å². The lowest BCUT2D eigenvalue weighted by Crippen LogP contribution is -2.46. The summed E-state index contributed by atoms with van der Waals surface area (Å²) in [6.07, 6.45) is 0. The maximum atomic E-state index is 12.5. The summed E-state index contributed by atoms with van der Waals surface area (Å²) in [4.78, 5) is 19.0. The molecule has 1 amide bonds. The molecule has 1 saturated heterocycles. The van der Waals surface area contributed by atoms with Crippen LogP contribution < -0.4 is 5.32 Å². The zero-order valence-electron chi connectivity index (χ0n) is 12.6. The van der Waals surface area contributed by atoms with Gasteiger partial charge in [-0.3, -0.25) is 9.78 Å². The summed E-state index contributed by atoms with van der Waals surface area (Å²) in [6.45, 7) is 5.15. The fourth-order valence-electron chi connectivity index (χ4n) is 2.60. The molecule has 0 aliphatic carbocycles. The van der Waals surface area contributed by atoms with Gasteiger partial charge in [0.05, 0.1) is 17.0 Å². The SMILES string of the molecule is Cc1nc(-c2ccccc2)ccc1C(=O)N1CCNCC1.Cl. The van der Waals surface area contributed by atoms with Gasteiger partial charge >= 0.3 is 0 Å². The van der Waals surface area contributed by atoms with E-state index in [9.17, 15) is 4.79 Å². The van der Waals surface area contributed by atoms with Crippen LogP contribution in [0.25, 0.3) is 11.3 Å². The second-order valence-corrected chi connectivity index (χ2v) is 5.24. The lowest BCUT2D eigenvalue weighted by molar-refractivity contribution is 0.0734. The number of hydrogen-bond donors (Lipinski definition) is 1. The number of nitrogens with one attached hydrogen (secondary N) is 1. The first-order chi connectivity index (χ1) is 10.3. The molecule has 0 spiro atoms. The van der Waals surface area contributed by atoms with E-state index in [1.807, 2.05) is 54.3 Å². The molecule has 1 aliphatic rings. The maximum absolute atomic E-state index is 12.5. The van der Waals surface area contributed by atoms with E-state index in [2.05, 4.69) is 10.3 Å². The largest absolute Gasteiger partial charge is 0.336 e. The quantitative estimate of drug-likeness (QED) is 0.925. The molecule has 1 aromatic heterocycles. The van der Waals surface area contributed by atoms with Crippen molar-refractivity contribution in [1.29, 1.82) is 0 Å². The molecule has 0 saturated carbocycles. The first-order valence-corrected chi connectivity index (χ1v) is 7.29. The summed E-state index contributed by atoms with van der Waals surface area (Å²) in [6, 6.07) is 13.9. The number of nitrogens with zero attached hydrogens (tertiary/aromatic N) is 2. The summed E-state index contributed by atoms with van der Waals surface area (Å²) in [7, 11) is 0. The number of carbonyl (C=O) groups is 1. The van der Waals surface area contributed by atoms with Crippen molar-refractivity contribution in [1.82, 2.24) is 15.2 Å². The van der Waals surface area contributed by atoms with Crippen LogP contribution in [0.3, 0.4) is 0 Å². The summed E-state index contributed by atoms with van der Waals surface area (Å²) >= 11 is 0. The van der Waals surface area contributed by atoms with Gasteiger partial charge in [-0.25, -0.2) is 0 Å². The third-order valence-corrected chi connectivity index (χ3v) is 3.79. The molecule has 0 radical (unpaired) electrons. The molecule has 1 aromatic carbocycles. The Labute approximate surface area is 137 Å². The molecule has 1 N–H and O–H groups in total. The van der Waals surface area contributed by atoms with Crippen LogP contribution in [-0.4, -0.2) is 42.0 Å². The number of pyridine rings is 1. The zero-order valence-corrected chi connectivity index (χ0v) is 13.4. The standard InChI is InChI=1S/C17H19N3O.ClH/c1-13-15(17(21)20-11-9-18-10-12-20)7-8-16(19-13)14-5-3-2-4-6-14;/h2-8,18H,9-12H2,1H3;1H. The highest BCUT2D eigenvalue weighted by molar-refractivity contribution is 5.95. The molecule has 0 atom stereocenters. The molecular weight excluding hydrogens is 298 g/mol. The highest BCUT2D eigenvalue weighted by Crippen LogP contribution is 2.19. The van der Waals surface area contributed by atoms with E-state index in [1.165, 1.54) is 0 Å². The number of rotatable bonds is 2. The van der Waals surface area contributed by atoms with E-state index < -0.39 is 0 Å². The minimum atomic E-state index is 0. The van der Waals surface area contributed by atoms with E-state index in [1.54, 1.807) is 0 Å². The Bertz CT molecular complexity index is 640. The molecule has 3 rings (SSSR count). The Morgan fingerprint density at radius 1 is 1.09 bits per heavy atom. The van der Waals surface area contributed by atoms with Crippen molar-refractivity contribution < 1.29 is 4.79 Å². The van der Waals surface area contributed by atoms with Gasteiger partial charge in [0.25, 0.3) is 5.91 Å². The van der Waals surface area contributed by atoms with Crippen LogP contribution in [0.2, 0.25) is 0 Å². The number of amides is 1. The second kappa shape index (κ2) is 7.38. The van der Waals surface area contributed by atoms with Gasteiger partial charge in [-0.05, 0) is 19.1 Å². The summed E-state index contributed by atoms with van der Waals surface area (Å²) < 4.78 is 0. The third kappa shape index (κ3) is 3.46. The number of hydrogen-bond acceptors (Lipinski definition) is 3. The lowest BCUT2D eigenvalue weighted by Gasteiger charge is -2.27. The van der Waals surface area contributed by atoms with E-state index in [-0.39, 0.29) is 18.3 Å². The minimum Gasteiger partial charge on any atom is -0.336 e. The van der Waals surface area contributed by atoms with Crippen LogP contribution in [0.4, 0.5) is 0 Å². The fraction of sp³-hybridized carbons (Fsp3) is 0.294. The van der Waals surface area contributed by atoms with Crippen molar-refractivity contribution in [2.45, 2.75) is 6.92 Å². The normalized spacial score (nSPS) is 14.3. The van der Waals surface area contributed by atoms with Gasteiger partial charge in [0.15, 0.2) is 0 Å². The highest BCUT2D eigenvalue weighted by atomic mass is 35.5. The topological polar surface area (TPSA) is 45.2 Å². The molecule has 1 aliphatic heterocycles. The molecule has 116 valence electrons. The Hall–Kier alpha value is -1.91. The number of benzene rings is 1. The van der Waals surface area contributed by atoms with Gasteiger partial charge in [-0.1, -0.05) is 30.3 Å². The van der Waals surface area contributed by atoms with Crippen molar-refractivity contribution in [3.05, 3.63) is 53.7 Å². The summed E-state index contributed by atoms with van der Waals surface area (Å²) in [5.74, 6) is 0.0844. The third-order valence-electron chi connectivity index (χ3n) is 3.79. The van der Waals surface area contributed by atoms with Crippen LogP contribution in [-0.2, 0) is 0 Å². The number of aryl methyl sites for hydroxylation is 1. The monoisotopic (exact) mass is 317 g/mol. The molecule has 4 nitrogen and oxygen atoms in total. The Morgan fingerprint density at radius 3 is 2.41 bits per heavy atom. The van der Waals surface area contributed by atoms with Gasteiger partial charge < -0.3 is 10.2 Å². The first-order valence-electron chi connectivity index (χ1n) is 7.29. The molecule has 0 unspecified atom stereocenters. The van der Waals surface area contributed by atoms with Gasteiger partial charge in [-0.15, -0.1) is 12.4 Å². The van der Waals surface area contributed by atoms with Crippen LogP contribution >= 0.6 is 12.4 Å². The second-order valence-electron chi connectivity index (χ2n) is 5.24. The van der Waals surface area contributed by atoms with Gasteiger partial charge in [0.2, 0.25) is 0 Å². The maximum Gasteiger partial charge on any atom is 0.255 e. The molecule has 2 aromatic rings. The van der Waals surface area contributed by atoms with E-state index in [0.29, 0.717) is 5.56 Å². The average molecular weight is 318 g/mol. The van der Waals surface area contributed by atoms with Crippen LogP contribution in [0.15, 0.2) is 42.5 Å². The number of aromatic nitrogens is 1. The predicted octanol–water partition coefficient (Wildman–Crippen LogP) is 2.52. The van der Waals surface area contributed by atoms with E-state index in [4.69, 9.17) is 0 Å². The van der Waals surface area contributed by atoms with Crippen LogP contribution in [0, 0.1) is 6.92 Å². The molecule has 2 heterocycles. The molecule has 1 fully saturated rings. The highest BCUT2D eigenvalue weighted by Gasteiger charge is 2.20. The number of halogens is 1. The van der Waals surface area contributed by atoms with Gasteiger partial charge in [0, 0.05) is 31.7 Å². The molecule has 0 bridgehead atoms. The van der Waals surface area contributed by atoms with E-state index >= 15 is 0 Å². The van der Waals surface area contributed by atoms with Crippen molar-refractivity contribution in [3.8, 4) is 11.3 Å². The summed E-state index contributed by atoms with van der Waals surface area (Å²) in [5, 5.41) is 3.26. The fourth-order valence-corrected chi connectivity index (χ4v) is 2.60. The Kier molecular flexibility index (Phi) is 5.52. The van der Waals surface area contributed by atoms with Crippen LogP contribution in [0.1, 0.15) is 16.1 Å². The smallest absolute Gasteiger partial charge is 0.255 e. The molecule has 22 heavy (non-hydrogen) atoms. The number of carbonyl (C=O) groups excluding carboxylic acids is 1. The minimum absolute atomic E-state index is 0. The van der Waals surface area contributed by atoms with Crippen molar-refractivity contribution in [2.75, 3.05) is 26.2 Å². The molecule has 5 heteroatoms. The Morgan fingerprint density at radius 2 is 1.77 bits per heavy atom. The lowest BCUT2D eigenvalue weighted by atomic mass is 10.1. The van der Waals surface area contributed by atoms with Crippen LogP contribution in [0.5, 0.6) is 0 Å². The zero-order chi connectivity index (χ0) is 14.7. The van der Waals surface area contributed by atoms with Crippen molar-refractivity contribution in [2.24, 2.45) is 0 Å². The predicted molar refractivity (Wildman–Crippen MR) is 90.4 cm³/mol. The van der Waals surface area contributed by atoms with Crippen molar-refractivity contribution >= 4 is 18.3 Å². The first kappa shape index (κ1) is 16.5. The average Bonchev–Trinajstić information content (AvgIpc) is 2.56. The van der Waals surface area contributed by atoms with E-state index in [0.717, 1.165) is 43.1 Å². The van der Waals surface area contributed by atoms with Gasteiger partial charge in [0.1, 0.15) is 0 Å². The summed E-state index contributed by atoms with van der Waals surface area (Å²) in [5.41, 5.74) is 3.48. The van der Waals surface area contributed by atoms with Crippen molar-refractivity contribution in [3.63, 3.8) is 0 Å².